The molecule has 0 aliphatic carbocycles. The summed E-state index contributed by atoms with van der Waals surface area (Å²) in [5, 5.41) is -2.28. The van der Waals surface area contributed by atoms with Crippen LogP contribution in [0.4, 0.5) is 0 Å². The average Bonchev–Trinajstić information content (AvgIpc) is 2.78. The number of carbonyl (C=O) groups excluding carboxylic acids is 2. The van der Waals surface area contributed by atoms with Gasteiger partial charge >= 0.3 is 7.60 Å². The second-order valence-corrected chi connectivity index (χ2v) is 8.69. The summed E-state index contributed by atoms with van der Waals surface area (Å²) >= 11 is 0. The SMILES string of the molecule is C#CC#CC#CC#CC#CC#CC#CC#CC#C[N+](C)(C)CCCCC(C=O)(C=O)P(=O)(O)O. The van der Waals surface area contributed by atoms with Crippen molar-refractivity contribution in [2.75, 3.05) is 20.6 Å². The molecule has 0 aromatic heterocycles. The van der Waals surface area contributed by atoms with Gasteiger partial charge in [0.05, 0.1) is 26.6 Å². The standard InChI is InChI=1S/C27H18NO5P/c1-4-5-6-7-8-9-10-11-12-13-14-15-16-17-18-20-23-28(2,3)24-21-19-22-27(25-29,26-30)34(31,32)33/h1,25-26H,19,21-22,24H2,2-3H3,(H-,31,32,33)/p+1. The number of carbonyl (C=O) groups is 2. The minimum atomic E-state index is -4.87. The van der Waals surface area contributed by atoms with E-state index in [2.05, 4.69) is 101 Å². The van der Waals surface area contributed by atoms with E-state index < -0.39 is 12.8 Å². The van der Waals surface area contributed by atoms with Crippen molar-refractivity contribution in [3.05, 3.63) is 0 Å². The lowest BCUT2D eigenvalue weighted by molar-refractivity contribution is -0.822. The second kappa shape index (κ2) is 16.2. The predicted octanol–water partition coefficient (Wildman–Crippen LogP) is 0.165. The van der Waals surface area contributed by atoms with E-state index in [0.717, 1.165) is 0 Å². The quantitative estimate of drug-likeness (QED) is 0.132. The first kappa shape index (κ1) is 29.5. The van der Waals surface area contributed by atoms with E-state index in [1.54, 1.807) is 0 Å². The maximum absolute atomic E-state index is 11.4. The smallest absolute Gasteiger partial charge is 0.323 e. The largest absolute Gasteiger partial charge is 0.345 e. The van der Waals surface area contributed by atoms with E-state index in [0.29, 0.717) is 13.0 Å². The molecule has 0 aromatic rings. The first-order valence-electron chi connectivity index (χ1n) is 9.43. The van der Waals surface area contributed by atoms with E-state index in [1.807, 2.05) is 14.1 Å². The Morgan fingerprint density at radius 3 is 1.47 bits per heavy atom. The highest BCUT2D eigenvalue weighted by Gasteiger charge is 2.46. The molecule has 0 aliphatic heterocycles. The summed E-state index contributed by atoms with van der Waals surface area (Å²) < 4.78 is 11.7. The van der Waals surface area contributed by atoms with Gasteiger partial charge in [0, 0.05) is 41.4 Å². The molecule has 0 aromatic carbocycles. The minimum Gasteiger partial charge on any atom is -0.323 e. The summed E-state index contributed by atoms with van der Waals surface area (Å²) in [6.07, 6.45) is 5.50. The Hall–Kier alpha value is -4.51. The zero-order valence-corrected chi connectivity index (χ0v) is 19.5. The van der Waals surface area contributed by atoms with Crippen LogP contribution in [-0.4, -0.2) is 52.6 Å². The Morgan fingerprint density at radius 2 is 1.12 bits per heavy atom. The van der Waals surface area contributed by atoms with Crippen LogP contribution in [0.2, 0.25) is 0 Å². The van der Waals surface area contributed by atoms with Crippen LogP contribution in [0.25, 0.3) is 0 Å². The van der Waals surface area contributed by atoms with Gasteiger partial charge in [-0.3, -0.25) is 9.05 Å². The molecule has 0 unspecified atom stereocenters. The van der Waals surface area contributed by atoms with Crippen molar-refractivity contribution in [2.45, 2.75) is 24.4 Å². The number of aldehydes is 2. The molecule has 0 saturated heterocycles. The first-order valence-corrected chi connectivity index (χ1v) is 11.0. The summed E-state index contributed by atoms with van der Waals surface area (Å²) in [5.41, 5.74) is 0. The number of terminal acetylenes is 1. The molecule has 0 radical (unpaired) electrons. The molecule has 0 rings (SSSR count). The average molecular weight is 468 g/mol. The maximum atomic E-state index is 11.4. The van der Waals surface area contributed by atoms with Crippen molar-refractivity contribution in [3.63, 3.8) is 0 Å². The fourth-order valence-electron chi connectivity index (χ4n) is 2.02. The van der Waals surface area contributed by atoms with Crippen LogP contribution < -0.4 is 0 Å². The third kappa shape index (κ3) is 13.0. The highest BCUT2D eigenvalue weighted by molar-refractivity contribution is 7.55. The highest BCUT2D eigenvalue weighted by atomic mass is 31.2. The first-order chi connectivity index (χ1) is 16.1. The van der Waals surface area contributed by atoms with Gasteiger partial charge in [-0.1, -0.05) is 0 Å². The van der Waals surface area contributed by atoms with Crippen LogP contribution in [0, 0.1) is 107 Å². The van der Waals surface area contributed by atoms with Gasteiger partial charge in [0.25, 0.3) is 0 Å². The van der Waals surface area contributed by atoms with Gasteiger partial charge in [-0.05, 0) is 66.6 Å². The Kier molecular flexibility index (Phi) is 14.0. The van der Waals surface area contributed by atoms with E-state index in [-0.39, 0.29) is 29.9 Å². The number of hydrogen-bond acceptors (Lipinski definition) is 3. The summed E-state index contributed by atoms with van der Waals surface area (Å²) in [5.74, 6) is 39.3. The Bertz CT molecular complexity index is 1370. The highest BCUT2D eigenvalue weighted by Crippen LogP contribution is 2.50. The lowest BCUT2D eigenvalue weighted by atomic mass is 10.0. The van der Waals surface area contributed by atoms with Crippen molar-refractivity contribution >= 4 is 20.2 Å². The van der Waals surface area contributed by atoms with Crippen LogP contribution in [0.1, 0.15) is 19.3 Å². The van der Waals surface area contributed by atoms with Crippen molar-refractivity contribution in [3.8, 4) is 107 Å². The zero-order chi connectivity index (χ0) is 25.8. The molecule has 7 heteroatoms. The Morgan fingerprint density at radius 1 is 0.735 bits per heavy atom. The second-order valence-electron chi connectivity index (χ2n) is 6.77. The van der Waals surface area contributed by atoms with Crippen LogP contribution in [0.3, 0.4) is 0 Å². The van der Waals surface area contributed by atoms with Crippen LogP contribution >= 0.6 is 7.60 Å². The Labute approximate surface area is 201 Å². The summed E-state index contributed by atoms with van der Waals surface area (Å²) in [6.45, 7) is 0.520. The van der Waals surface area contributed by atoms with Gasteiger partial charge in [-0.25, -0.2) is 0 Å². The van der Waals surface area contributed by atoms with Crippen LogP contribution in [-0.2, 0) is 14.2 Å². The number of quaternary nitrogens is 1. The number of rotatable bonds is 8. The fraction of sp³-hybridized carbons (Fsp3) is 0.259. The van der Waals surface area contributed by atoms with E-state index in [4.69, 9.17) is 6.42 Å². The molecule has 0 saturated carbocycles. The van der Waals surface area contributed by atoms with Gasteiger partial charge in [0.15, 0.2) is 11.2 Å². The normalized spacial score (nSPS) is 8.68. The van der Waals surface area contributed by atoms with Crippen molar-refractivity contribution < 1.29 is 28.4 Å². The van der Waals surface area contributed by atoms with Crippen LogP contribution in [0.5, 0.6) is 0 Å². The molecule has 0 amide bonds. The lowest BCUT2D eigenvalue weighted by Gasteiger charge is -2.24. The molecular formula is C27H19NO5P+. The number of nitrogens with zero attached hydrogens (tertiary/aromatic N) is 1. The molecule has 0 heterocycles. The monoisotopic (exact) mass is 468 g/mol. The molecule has 2 N–H and O–H groups in total. The maximum Gasteiger partial charge on any atom is 0.345 e. The Balaban J connectivity index is 4.68. The molecule has 0 aliphatic rings. The topological polar surface area (TPSA) is 91.7 Å². The zero-order valence-electron chi connectivity index (χ0n) is 18.6. The summed E-state index contributed by atoms with van der Waals surface area (Å²) in [4.78, 5) is 40.6. The molecule has 0 spiro atoms. The lowest BCUT2D eigenvalue weighted by Crippen LogP contribution is -2.36. The molecule has 34 heavy (non-hydrogen) atoms. The third-order valence-electron chi connectivity index (χ3n) is 3.80. The van der Waals surface area contributed by atoms with Gasteiger partial charge in [-0.15, -0.1) is 6.42 Å². The van der Waals surface area contributed by atoms with Gasteiger partial charge in [0.1, 0.15) is 12.6 Å². The molecule has 0 atom stereocenters. The van der Waals surface area contributed by atoms with E-state index in [1.165, 1.54) is 0 Å². The molecule has 166 valence electrons. The molecular weight excluding hydrogens is 449 g/mol. The van der Waals surface area contributed by atoms with Crippen molar-refractivity contribution in [1.29, 1.82) is 0 Å². The summed E-state index contributed by atoms with van der Waals surface area (Å²) in [6, 6.07) is 2.91. The minimum absolute atomic E-state index is 0.0268. The van der Waals surface area contributed by atoms with E-state index >= 15 is 0 Å². The predicted molar refractivity (Wildman–Crippen MR) is 129 cm³/mol. The van der Waals surface area contributed by atoms with E-state index in [9.17, 15) is 23.9 Å². The van der Waals surface area contributed by atoms with Gasteiger partial charge in [0.2, 0.25) is 0 Å². The van der Waals surface area contributed by atoms with Gasteiger partial charge < -0.3 is 19.4 Å². The molecule has 6 nitrogen and oxygen atoms in total. The number of unbranched alkanes of at least 4 members (excludes halogenated alkanes) is 1. The fourth-order valence-corrected chi connectivity index (χ4v) is 2.75. The summed E-state index contributed by atoms with van der Waals surface area (Å²) in [7, 11) is -1.23. The third-order valence-corrected chi connectivity index (χ3v) is 5.32. The van der Waals surface area contributed by atoms with Crippen LogP contribution in [0.15, 0.2) is 0 Å². The number of hydrogen-bond donors (Lipinski definition) is 2. The van der Waals surface area contributed by atoms with Crippen molar-refractivity contribution in [1.82, 2.24) is 0 Å². The van der Waals surface area contributed by atoms with Gasteiger partial charge in [-0.2, -0.15) is 0 Å². The molecule has 0 bridgehead atoms. The molecule has 0 fully saturated rings. The van der Waals surface area contributed by atoms with Crippen molar-refractivity contribution in [2.24, 2.45) is 0 Å².